The summed E-state index contributed by atoms with van der Waals surface area (Å²) in [6.45, 7) is 3.16. The number of nitrogens with zero attached hydrogens (tertiary/aromatic N) is 2. The van der Waals surface area contributed by atoms with Crippen LogP contribution in [-0.4, -0.2) is 179 Å². The van der Waals surface area contributed by atoms with Gasteiger partial charge in [-0.15, -0.1) is 0 Å². The van der Waals surface area contributed by atoms with Crippen LogP contribution in [0, 0.1) is 5.92 Å². The van der Waals surface area contributed by atoms with Crippen LogP contribution in [0.4, 0.5) is 0 Å². The van der Waals surface area contributed by atoms with Gasteiger partial charge < -0.3 is 85.6 Å². The molecule has 1 aromatic heterocycles. The number of carbonyl (C=O) groups excluding carboxylic acids is 13. The van der Waals surface area contributed by atoms with Gasteiger partial charge in [0.05, 0.1) is 12.8 Å². The quantitative estimate of drug-likeness (QED) is 0.0325. The number of carbonyl (C=O) groups is 13. The molecule has 3 fully saturated rings. The molecule has 8 rings (SSSR count). The van der Waals surface area contributed by atoms with Gasteiger partial charge in [0.2, 0.25) is 76.8 Å². The van der Waals surface area contributed by atoms with Crippen molar-refractivity contribution in [3.05, 3.63) is 119 Å². The molecule has 18 N–H and O–H groups in total. The van der Waals surface area contributed by atoms with E-state index in [9.17, 15) is 43.2 Å². The fourth-order valence-corrected chi connectivity index (χ4v) is 11.9. The second-order valence-electron chi connectivity index (χ2n) is 24.7. The van der Waals surface area contributed by atoms with Gasteiger partial charge in [0.25, 0.3) is 0 Å². The SMILES string of the molecule is CC(=O)N[C@@H]1CC(=O)NC[C@@H]2NC(=O)[C@@H](CC(=O)NC[C@H](C(N)=O)NC(=O)[C@H]3CCCN3C(=O)[C@H](CCCN=C(N)N)NC(=O)[C@@H](CC(C)C)NC(=O)[C@@H](Cc3ccc4ccccc4c3)NC2=O)NC(=O)[C@@H](Cc2c[nH]c3ccccc23)NC(=O)[C@H](Cc2ccc(Cl)cc2)NC1=O. The number of fused-ring (bicyclic) bond motifs is 6. The number of nitrogens with two attached hydrogens (primary N) is 3. The highest BCUT2D eigenvalue weighted by molar-refractivity contribution is 6.30. The fraction of sp³-hybridized carbons (Fsp3) is 0.424. The van der Waals surface area contributed by atoms with Gasteiger partial charge in [-0.2, -0.15) is 0 Å². The summed E-state index contributed by atoms with van der Waals surface area (Å²) in [6, 6.07) is 9.79. The standard InChI is InChI=1S/C66H82ClN17O13/c1-34(2)24-45-57(89)76-44(14-8-22-71-66(69)70)65(97)84-23-9-15-53(84)64(96)82-51(56(68)88)32-73-55(87)30-50-62(94)83-52(63(95)79-47(59(91)77-45)27-37-16-19-38-10-4-5-11-39(38)25-37)33-74-54(86)29-49(75-35(3)85)61(93)78-46(26-36-17-20-41(67)21-18-36)58(90)80-48(60(92)81-50)28-40-31-72-43-13-7-6-12-42(40)43/h4-7,10-13,16-21,25,31,34,44-53,72H,8-9,14-15,22-24,26-30,32-33H2,1-3H3,(H2,68,88)(H,73,87)(H,74,86)(H,75,85)(H,76,89)(H,77,91)(H,78,93)(H,79,95)(H,80,90)(H,81,92)(H,82,96)(H,83,94)(H4,69,70,71)/t44-,45+,46-,47+,48+,49+,50+,51+,52-,53+/m0/s1. The Labute approximate surface area is 563 Å². The molecular formula is C66H82ClN17O13. The number of hydrogen-bond acceptors (Lipinski definition) is 14. The lowest BCUT2D eigenvalue weighted by Gasteiger charge is -2.31. The first-order valence-corrected chi connectivity index (χ1v) is 32.3. The highest BCUT2D eigenvalue weighted by Gasteiger charge is 2.41. The summed E-state index contributed by atoms with van der Waals surface area (Å²) in [5.74, 6) is -13.3. The van der Waals surface area contributed by atoms with Gasteiger partial charge in [-0.25, -0.2) is 0 Å². The van der Waals surface area contributed by atoms with Crippen LogP contribution < -0.4 is 75.7 Å². The average Bonchev–Trinajstić information content (AvgIpc) is 1.77. The highest BCUT2D eigenvalue weighted by atomic mass is 35.5. The molecule has 2 bridgehead atoms. The maximum atomic E-state index is 15.3. The number of nitrogens with one attached hydrogen (secondary N) is 12. The molecule has 0 spiro atoms. The summed E-state index contributed by atoms with van der Waals surface area (Å²) in [6.07, 6.45) is -0.569. The molecule has 516 valence electrons. The van der Waals surface area contributed by atoms with E-state index in [0.717, 1.165) is 17.7 Å². The number of primary amides is 1. The van der Waals surface area contributed by atoms with Crippen LogP contribution in [0.2, 0.25) is 5.02 Å². The van der Waals surface area contributed by atoms with Crippen LogP contribution in [0.3, 0.4) is 0 Å². The number of benzene rings is 4. The maximum Gasteiger partial charge on any atom is 0.245 e. The summed E-state index contributed by atoms with van der Waals surface area (Å²) in [7, 11) is 0. The second kappa shape index (κ2) is 33.6. The smallest absolute Gasteiger partial charge is 0.245 e. The van der Waals surface area contributed by atoms with E-state index in [-0.39, 0.29) is 69.9 Å². The van der Waals surface area contributed by atoms with Crippen LogP contribution in [-0.2, 0) is 81.6 Å². The van der Waals surface area contributed by atoms with Crippen molar-refractivity contribution in [3.8, 4) is 0 Å². The first-order valence-electron chi connectivity index (χ1n) is 31.9. The van der Waals surface area contributed by atoms with Crippen molar-refractivity contribution >= 4 is 116 Å². The summed E-state index contributed by atoms with van der Waals surface area (Å²) in [4.78, 5) is 197. The number of rotatable bonds is 14. The lowest BCUT2D eigenvalue weighted by atomic mass is 9.98. The number of amides is 13. The number of hydrogen-bond donors (Lipinski definition) is 15. The molecule has 0 saturated carbocycles. The Hall–Kier alpha value is -10.7. The fourth-order valence-electron chi connectivity index (χ4n) is 11.8. The molecular weight excluding hydrogens is 1270 g/mol. The minimum absolute atomic E-state index is 0.0240. The zero-order valence-electron chi connectivity index (χ0n) is 53.8. The number of aromatic amines is 1. The van der Waals surface area contributed by atoms with Gasteiger partial charge in [0.15, 0.2) is 5.96 Å². The Balaban J connectivity index is 1.24. The van der Waals surface area contributed by atoms with E-state index < -0.39 is 163 Å². The Bertz CT molecular complexity index is 3820. The minimum atomic E-state index is -2.01. The zero-order valence-corrected chi connectivity index (χ0v) is 54.6. The molecule has 0 unspecified atom stereocenters. The highest BCUT2D eigenvalue weighted by Crippen LogP contribution is 2.23. The number of aromatic nitrogens is 1. The van der Waals surface area contributed by atoms with Gasteiger partial charge >= 0.3 is 0 Å². The largest absolute Gasteiger partial charge is 0.370 e. The number of H-pyrrole nitrogens is 1. The first-order chi connectivity index (χ1) is 46.3. The molecule has 13 amide bonds. The van der Waals surface area contributed by atoms with Crippen molar-refractivity contribution in [2.75, 3.05) is 26.2 Å². The molecule has 3 aliphatic rings. The monoisotopic (exact) mass is 1360 g/mol. The molecule has 31 heteroatoms. The molecule has 30 nitrogen and oxygen atoms in total. The topological polar surface area (TPSA) is 464 Å². The molecule has 0 aliphatic carbocycles. The third kappa shape index (κ3) is 20.4. The third-order valence-corrected chi connectivity index (χ3v) is 17.0. The lowest BCUT2D eigenvalue weighted by molar-refractivity contribution is -0.142. The molecule has 3 saturated heterocycles. The molecule has 97 heavy (non-hydrogen) atoms. The summed E-state index contributed by atoms with van der Waals surface area (Å²) < 4.78 is 0. The van der Waals surface area contributed by atoms with E-state index in [1.807, 2.05) is 18.2 Å². The predicted molar refractivity (Wildman–Crippen MR) is 356 cm³/mol. The first kappa shape index (κ1) is 72.2. The molecule has 4 aromatic carbocycles. The lowest BCUT2D eigenvalue weighted by Crippen LogP contribution is -2.62. The molecule has 3 aliphatic heterocycles. The number of halogens is 1. The summed E-state index contributed by atoms with van der Waals surface area (Å²) >= 11 is 6.21. The van der Waals surface area contributed by atoms with Crippen molar-refractivity contribution in [1.29, 1.82) is 0 Å². The van der Waals surface area contributed by atoms with Crippen molar-refractivity contribution in [1.82, 2.24) is 68.4 Å². The van der Waals surface area contributed by atoms with E-state index >= 15 is 19.2 Å². The van der Waals surface area contributed by atoms with E-state index in [0.29, 0.717) is 39.0 Å². The van der Waals surface area contributed by atoms with Crippen LogP contribution in [0.25, 0.3) is 21.7 Å². The minimum Gasteiger partial charge on any atom is -0.370 e. The van der Waals surface area contributed by atoms with Crippen molar-refractivity contribution in [2.45, 2.75) is 145 Å². The van der Waals surface area contributed by atoms with Gasteiger partial charge in [0.1, 0.15) is 60.4 Å². The van der Waals surface area contributed by atoms with Gasteiger partial charge in [-0.3, -0.25) is 67.3 Å². The molecule has 0 radical (unpaired) electrons. The zero-order chi connectivity index (χ0) is 70.0. The maximum absolute atomic E-state index is 15.3. The van der Waals surface area contributed by atoms with E-state index in [4.69, 9.17) is 28.8 Å². The Morgan fingerprint density at radius 2 is 1.19 bits per heavy atom. The molecule has 10 atom stereocenters. The van der Waals surface area contributed by atoms with E-state index in [2.05, 4.69) is 68.5 Å². The van der Waals surface area contributed by atoms with Crippen molar-refractivity contribution in [2.24, 2.45) is 28.1 Å². The van der Waals surface area contributed by atoms with Crippen LogP contribution >= 0.6 is 11.6 Å². The summed E-state index contributed by atoms with van der Waals surface area (Å²) in [5, 5.41) is 31.1. The van der Waals surface area contributed by atoms with Crippen LogP contribution in [0.15, 0.2) is 102 Å². The van der Waals surface area contributed by atoms with E-state index in [1.165, 1.54) is 4.90 Å². The number of para-hydroxylation sites is 1. The Morgan fingerprint density at radius 1 is 0.608 bits per heavy atom. The van der Waals surface area contributed by atoms with Gasteiger partial charge in [-0.05, 0) is 83.7 Å². The van der Waals surface area contributed by atoms with Crippen molar-refractivity contribution < 1.29 is 62.3 Å². The number of aliphatic imine (C=N–C) groups is 1. The normalized spacial score (nSPS) is 24.2. The summed E-state index contributed by atoms with van der Waals surface area (Å²) in [5.41, 5.74) is 19.1. The van der Waals surface area contributed by atoms with Gasteiger partial charge in [-0.1, -0.05) is 98.2 Å². The predicted octanol–water partition coefficient (Wildman–Crippen LogP) is -2.00. The molecule has 5 aromatic rings. The second-order valence-corrected chi connectivity index (χ2v) is 25.1. The Kier molecular flexibility index (Phi) is 25.0. The van der Waals surface area contributed by atoms with Gasteiger partial charge in [0, 0.05) is 74.5 Å². The van der Waals surface area contributed by atoms with E-state index in [1.54, 1.807) is 92.8 Å². The average molecular weight is 1360 g/mol. The molecule has 4 heterocycles. The van der Waals surface area contributed by atoms with Crippen molar-refractivity contribution in [3.63, 3.8) is 0 Å². The van der Waals surface area contributed by atoms with Crippen LogP contribution in [0.1, 0.15) is 82.4 Å². The number of guanidine groups is 1. The van der Waals surface area contributed by atoms with Crippen LogP contribution in [0.5, 0.6) is 0 Å². The Morgan fingerprint density at radius 3 is 1.89 bits per heavy atom. The third-order valence-electron chi connectivity index (χ3n) is 16.7.